The maximum Gasteiger partial charge on any atom is 1.00 e. The standard InChI is InChI=1S/C18H19.Li/c1-4-10-16(11-5-1)18(14-8-3-9-15-18)17-12-6-2-7-13-17;/h1-7,10-13H,8-9,14-15H2;/q-1;+1. The van der Waals surface area contributed by atoms with Gasteiger partial charge in [0.05, 0.1) is 0 Å². The van der Waals surface area contributed by atoms with Crippen molar-refractivity contribution in [1.82, 2.24) is 0 Å². The third kappa shape index (κ3) is 2.81. The summed E-state index contributed by atoms with van der Waals surface area (Å²) in [6.07, 6.45) is 7.36. The van der Waals surface area contributed by atoms with Crippen molar-refractivity contribution in [2.45, 2.75) is 31.1 Å². The van der Waals surface area contributed by atoms with Crippen LogP contribution in [0.1, 0.15) is 36.8 Å². The number of hydrogen-bond acceptors (Lipinski definition) is 0. The summed E-state index contributed by atoms with van der Waals surface area (Å²) in [5, 5.41) is 0. The van der Waals surface area contributed by atoms with E-state index < -0.39 is 0 Å². The largest absolute Gasteiger partial charge is 1.00 e. The molecular formula is C18H19Li. The molecule has 1 heteroatoms. The van der Waals surface area contributed by atoms with Gasteiger partial charge in [0.15, 0.2) is 0 Å². The monoisotopic (exact) mass is 242 g/mol. The molecule has 0 radical (unpaired) electrons. The Bertz CT molecular complexity index is 442. The van der Waals surface area contributed by atoms with Crippen molar-refractivity contribution in [3.63, 3.8) is 0 Å². The van der Waals surface area contributed by atoms with E-state index in [-0.39, 0.29) is 24.3 Å². The van der Waals surface area contributed by atoms with Gasteiger partial charge in [-0.15, -0.1) is 0 Å². The van der Waals surface area contributed by atoms with E-state index in [9.17, 15) is 0 Å². The van der Waals surface area contributed by atoms with E-state index in [1.807, 2.05) is 0 Å². The average Bonchev–Trinajstić information content (AvgIpc) is 2.50. The first kappa shape index (κ1) is 14.4. The van der Waals surface area contributed by atoms with Crippen LogP contribution in [-0.4, -0.2) is 0 Å². The van der Waals surface area contributed by atoms with E-state index >= 15 is 0 Å². The predicted molar refractivity (Wildman–Crippen MR) is 76.4 cm³/mol. The van der Waals surface area contributed by atoms with Gasteiger partial charge in [0.1, 0.15) is 0 Å². The molecule has 0 spiro atoms. The van der Waals surface area contributed by atoms with Gasteiger partial charge in [-0.25, -0.2) is 0 Å². The normalized spacial score (nSPS) is 17.5. The zero-order valence-corrected chi connectivity index (χ0v) is 11.7. The average molecular weight is 242 g/mol. The molecule has 0 aliphatic heterocycles. The molecule has 1 saturated carbocycles. The van der Waals surface area contributed by atoms with Gasteiger partial charge in [0, 0.05) is 5.41 Å². The van der Waals surface area contributed by atoms with Crippen molar-refractivity contribution in [1.29, 1.82) is 0 Å². The van der Waals surface area contributed by atoms with Crippen molar-refractivity contribution < 1.29 is 18.9 Å². The second-order valence-electron chi connectivity index (χ2n) is 5.18. The van der Waals surface area contributed by atoms with Crippen molar-refractivity contribution >= 4 is 0 Å². The van der Waals surface area contributed by atoms with Crippen LogP contribution in [-0.2, 0) is 5.41 Å². The van der Waals surface area contributed by atoms with Gasteiger partial charge in [-0.05, 0) is 11.1 Å². The molecule has 0 amide bonds. The van der Waals surface area contributed by atoms with Crippen LogP contribution in [0.25, 0.3) is 0 Å². The minimum absolute atomic E-state index is 0. The van der Waals surface area contributed by atoms with E-state index in [1.54, 1.807) is 0 Å². The fourth-order valence-electron chi connectivity index (χ4n) is 3.22. The molecule has 0 N–H and O–H groups in total. The Morgan fingerprint density at radius 1 is 0.684 bits per heavy atom. The second kappa shape index (κ2) is 6.46. The Labute approximate surface area is 128 Å². The Kier molecular flexibility index (Phi) is 4.91. The SMILES string of the molecule is [Li+].c1ccc(C2(c3ccccc3)CC[CH-]CC2)cc1. The fraction of sp³-hybridized carbons (Fsp3) is 0.278. The van der Waals surface area contributed by atoms with Crippen LogP contribution in [0, 0.1) is 6.42 Å². The van der Waals surface area contributed by atoms with Gasteiger partial charge in [-0.1, -0.05) is 73.5 Å². The van der Waals surface area contributed by atoms with E-state index in [1.165, 1.54) is 36.8 Å². The van der Waals surface area contributed by atoms with E-state index in [4.69, 9.17) is 0 Å². The predicted octanol–water partition coefficient (Wildman–Crippen LogP) is 1.75. The van der Waals surface area contributed by atoms with E-state index in [0.29, 0.717) is 0 Å². The minimum Gasteiger partial charge on any atom is -0.328 e. The number of rotatable bonds is 2. The molecule has 2 aromatic carbocycles. The summed E-state index contributed by atoms with van der Waals surface area (Å²) < 4.78 is 0. The molecule has 1 aliphatic rings. The van der Waals surface area contributed by atoms with E-state index in [2.05, 4.69) is 67.1 Å². The van der Waals surface area contributed by atoms with Crippen LogP contribution in [0.4, 0.5) is 0 Å². The zero-order chi connectivity index (χ0) is 12.3. The molecule has 0 bridgehead atoms. The molecular weight excluding hydrogens is 223 g/mol. The van der Waals surface area contributed by atoms with Gasteiger partial charge in [0.2, 0.25) is 0 Å². The van der Waals surface area contributed by atoms with Crippen molar-refractivity contribution in [3.8, 4) is 0 Å². The molecule has 19 heavy (non-hydrogen) atoms. The molecule has 2 aromatic rings. The Morgan fingerprint density at radius 2 is 1.11 bits per heavy atom. The zero-order valence-electron chi connectivity index (χ0n) is 11.7. The maximum absolute atomic E-state index is 2.43. The van der Waals surface area contributed by atoms with Crippen molar-refractivity contribution in [2.24, 2.45) is 0 Å². The molecule has 0 unspecified atom stereocenters. The number of hydrogen-bond donors (Lipinski definition) is 0. The van der Waals surface area contributed by atoms with Crippen LogP contribution >= 0.6 is 0 Å². The summed E-state index contributed by atoms with van der Waals surface area (Å²) in [6, 6.07) is 22.0. The minimum atomic E-state index is 0. The summed E-state index contributed by atoms with van der Waals surface area (Å²) >= 11 is 0. The van der Waals surface area contributed by atoms with Gasteiger partial charge >= 0.3 is 18.9 Å². The summed E-state index contributed by atoms with van der Waals surface area (Å²) in [5.41, 5.74) is 3.19. The van der Waals surface area contributed by atoms with Crippen LogP contribution in [0.2, 0.25) is 0 Å². The molecule has 0 heterocycles. The molecule has 92 valence electrons. The van der Waals surface area contributed by atoms with Crippen LogP contribution in [0.5, 0.6) is 0 Å². The first-order valence-corrected chi connectivity index (χ1v) is 6.84. The third-order valence-electron chi connectivity index (χ3n) is 4.20. The van der Waals surface area contributed by atoms with Crippen LogP contribution in [0.15, 0.2) is 60.7 Å². The van der Waals surface area contributed by atoms with Crippen molar-refractivity contribution in [2.75, 3.05) is 0 Å². The summed E-state index contributed by atoms with van der Waals surface area (Å²) in [5.74, 6) is 0. The fourth-order valence-corrected chi connectivity index (χ4v) is 3.22. The topological polar surface area (TPSA) is 0 Å². The molecule has 1 fully saturated rings. The quantitative estimate of drug-likeness (QED) is 0.556. The smallest absolute Gasteiger partial charge is 0.328 e. The number of benzene rings is 2. The summed E-state index contributed by atoms with van der Waals surface area (Å²) in [7, 11) is 0. The van der Waals surface area contributed by atoms with Gasteiger partial charge in [-0.3, -0.25) is 0 Å². The molecule has 3 rings (SSSR count). The summed E-state index contributed by atoms with van der Waals surface area (Å²) in [4.78, 5) is 0. The first-order chi connectivity index (χ1) is 8.92. The van der Waals surface area contributed by atoms with Gasteiger partial charge in [-0.2, -0.15) is 12.8 Å². The summed E-state index contributed by atoms with van der Waals surface area (Å²) in [6.45, 7) is 0. The molecule has 0 saturated heterocycles. The Morgan fingerprint density at radius 3 is 1.53 bits per heavy atom. The third-order valence-corrected chi connectivity index (χ3v) is 4.20. The van der Waals surface area contributed by atoms with E-state index in [0.717, 1.165) is 0 Å². The van der Waals surface area contributed by atoms with Gasteiger partial charge in [0.25, 0.3) is 0 Å². The van der Waals surface area contributed by atoms with Crippen LogP contribution in [0.3, 0.4) is 0 Å². The second-order valence-corrected chi connectivity index (χ2v) is 5.18. The Hall–Kier alpha value is -0.963. The first-order valence-electron chi connectivity index (χ1n) is 6.84. The molecule has 0 aromatic heterocycles. The molecule has 0 atom stereocenters. The Balaban J connectivity index is 0.00000133. The maximum atomic E-state index is 2.43. The van der Waals surface area contributed by atoms with Gasteiger partial charge < -0.3 is 6.42 Å². The van der Waals surface area contributed by atoms with Crippen molar-refractivity contribution in [3.05, 3.63) is 78.2 Å². The molecule has 1 aliphatic carbocycles. The van der Waals surface area contributed by atoms with Crippen LogP contribution < -0.4 is 18.9 Å². The molecule has 0 nitrogen and oxygen atoms in total.